The first-order valence-corrected chi connectivity index (χ1v) is 9.94. The van der Waals surface area contributed by atoms with Crippen LogP contribution in [0.2, 0.25) is 0 Å². The molecule has 5 heteroatoms. The molecule has 0 aromatic heterocycles. The molecule has 1 atom stereocenters. The summed E-state index contributed by atoms with van der Waals surface area (Å²) >= 11 is 3.51. The molecule has 1 unspecified atom stereocenters. The molecule has 0 aliphatic carbocycles. The van der Waals surface area contributed by atoms with Crippen molar-refractivity contribution in [3.8, 4) is 5.75 Å². The van der Waals surface area contributed by atoms with Crippen LogP contribution in [0.4, 0.5) is 5.69 Å². The molecule has 4 nitrogen and oxygen atoms in total. The van der Waals surface area contributed by atoms with Gasteiger partial charge in [-0.05, 0) is 67.8 Å². The van der Waals surface area contributed by atoms with E-state index in [4.69, 9.17) is 4.74 Å². The summed E-state index contributed by atoms with van der Waals surface area (Å²) in [6, 6.07) is 16.1. The first kappa shape index (κ1) is 17.6. The van der Waals surface area contributed by atoms with Crippen molar-refractivity contribution in [1.29, 1.82) is 0 Å². The fourth-order valence-electron chi connectivity index (χ4n) is 4.04. The minimum atomic E-state index is -1.01. The van der Waals surface area contributed by atoms with Gasteiger partial charge in [0.2, 0.25) is 0 Å². The van der Waals surface area contributed by atoms with Crippen LogP contribution in [-0.4, -0.2) is 35.7 Å². The van der Waals surface area contributed by atoms with Gasteiger partial charge < -0.3 is 9.84 Å². The summed E-state index contributed by atoms with van der Waals surface area (Å²) in [7, 11) is 1.66. The van der Waals surface area contributed by atoms with Gasteiger partial charge in [-0.15, -0.1) is 0 Å². The maximum Gasteiger partial charge on any atom is 0.271 e. The zero-order valence-corrected chi connectivity index (χ0v) is 16.6. The van der Waals surface area contributed by atoms with E-state index in [1.165, 1.54) is 12.3 Å². The first-order valence-electron chi connectivity index (χ1n) is 9.15. The van der Waals surface area contributed by atoms with Crippen molar-refractivity contribution in [2.45, 2.75) is 31.4 Å². The normalized spacial score (nSPS) is 23.0. The summed E-state index contributed by atoms with van der Waals surface area (Å²) in [4.78, 5) is 2.28. The van der Waals surface area contributed by atoms with Gasteiger partial charge in [-0.25, -0.2) is 9.48 Å². The Labute approximate surface area is 162 Å². The highest BCUT2D eigenvalue weighted by Crippen LogP contribution is 2.36. The molecule has 26 heavy (non-hydrogen) atoms. The fourth-order valence-corrected chi connectivity index (χ4v) is 4.30. The molecule has 0 saturated heterocycles. The quantitative estimate of drug-likeness (QED) is 0.766. The molecule has 0 amide bonds. The van der Waals surface area contributed by atoms with Crippen molar-refractivity contribution in [2.24, 2.45) is 0 Å². The molecule has 0 radical (unpaired) electrons. The Morgan fingerprint density at radius 2 is 1.77 bits per heavy atom. The number of hydrogen-bond donors (Lipinski definition) is 1. The third-order valence-corrected chi connectivity index (χ3v) is 5.95. The summed E-state index contributed by atoms with van der Waals surface area (Å²) in [5.41, 5.74) is 1.02. The predicted octanol–water partition coefficient (Wildman–Crippen LogP) is 4.11. The predicted molar refractivity (Wildman–Crippen MR) is 107 cm³/mol. The second-order valence-electron chi connectivity index (χ2n) is 6.99. The molecule has 0 bridgehead atoms. The van der Waals surface area contributed by atoms with Crippen LogP contribution >= 0.6 is 15.9 Å². The van der Waals surface area contributed by atoms with E-state index < -0.39 is 5.72 Å². The van der Waals surface area contributed by atoms with Crippen molar-refractivity contribution in [3.63, 3.8) is 0 Å². The number of rotatable bonds is 3. The smallest absolute Gasteiger partial charge is 0.271 e. The van der Waals surface area contributed by atoms with E-state index >= 15 is 0 Å². The highest BCUT2D eigenvalue weighted by Gasteiger charge is 2.51. The highest BCUT2D eigenvalue weighted by molar-refractivity contribution is 9.10. The van der Waals surface area contributed by atoms with Crippen LogP contribution in [0.3, 0.4) is 0 Å². The van der Waals surface area contributed by atoms with Crippen molar-refractivity contribution in [3.05, 3.63) is 58.6 Å². The molecule has 2 aromatic carbocycles. The second kappa shape index (κ2) is 7.05. The lowest BCUT2D eigenvalue weighted by Crippen LogP contribution is -2.41. The van der Waals surface area contributed by atoms with Crippen molar-refractivity contribution in [2.75, 3.05) is 25.1 Å². The third kappa shape index (κ3) is 3.03. The number of amidine groups is 1. The van der Waals surface area contributed by atoms with Crippen LogP contribution in [0, 0.1) is 0 Å². The van der Waals surface area contributed by atoms with Gasteiger partial charge in [0.05, 0.1) is 13.7 Å². The molecular formula is C21H24BrN2O2+. The standard InChI is InChI=1S/C21H24BrN2O2/c1-26-19-12-6-16(7-13-19)21(25)15-23(18-10-8-17(22)9-11-18)20-5-3-2-4-14-24(20)21/h6-13,25H,2-5,14-15H2,1H3/q+1. The first-order chi connectivity index (χ1) is 12.6. The van der Waals surface area contributed by atoms with E-state index in [1.807, 2.05) is 24.3 Å². The van der Waals surface area contributed by atoms with Crippen molar-refractivity contribution < 1.29 is 14.4 Å². The number of ether oxygens (including phenoxy) is 1. The second-order valence-corrected chi connectivity index (χ2v) is 7.90. The molecule has 0 saturated carbocycles. The van der Waals surface area contributed by atoms with Gasteiger partial charge in [0.15, 0.2) is 6.54 Å². The molecule has 136 valence electrons. The van der Waals surface area contributed by atoms with Crippen LogP contribution < -0.4 is 9.64 Å². The van der Waals surface area contributed by atoms with Gasteiger partial charge in [-0.2, -0.15) is 0 Å². The molecule has 1 N–H and O–H groups in total. The maximum absolute atomic E-state index is 11.7. The lowest BCUT2D eigenvalue weighted by Gasteiger charge is -2.23. The zero-order chi connectivity index (χ0) is 18.1. The van der Waals surface area contributed by atoms with E-state index in [2.05, 4.69) is 49.7 Å². The molecule has 2 aliphatic rings. The Kier molecular flexibility index (Phi) is 4.76. The average molecular weight is 416 g/mol. The number of halogens is 1. The SMILES string of the molecule is COc1ccc(C2(O)CN(c3ccc(Br)cc3)C3=[N+]2CCCCC3)cc1. The molecule has 4 rings (SSSR count). The summed E-state index contributed by atoms with van der Waals surface area (Å²) in [6.45, 7) is 1.42. The van der Waals surface area contributed by atoms with E-state index in [0.717, 1.165) is 47.3 Å². The number of methoxy groups -OCH3 is 1. The lowest BCUT2D eigenvalue weighted by atomic mass is 10.0. The van der Waals surface area contributed by atoms with Crippen LogP contribution in [-0.2, 0) is 5.72 Å². The van der Waals surface area contributed by atoms with Gasteiger partial charge in [-0.3, -0.25) is 0 Å². The Morgan fingerprint density at radius 1 is 1.04 bits per heavy atom. The van der Waals surface area contributed by atoms with E-state index in [-0.39, 0.29) is 0 Å². The minimum absolute atomic E-state index is 0.538. The Balaban J connectivity index is 1.77. The number of aliphatic hydroxyl groups is 1. The van der Waals surface area contributed by atoms with Gasteiger partial charge >= 0.3 is 0 Å². The Morgan fingerprint density at radius 3 is 2.46 bits per heavy atom. The molecule has 2 heterocycles. The maximum atomic E-state index is 11.7. The van der Waals surface area contributed by atoms with E-state index in [1.54, 1.807) is 7.11 Å². The summed E-state index contributed by atoms with van der Waals surface area (Å²) in [5.74, 6) is 2.03. The van der Waals surface area contributed by atoms with Crippen LogP contribution in [0.15, 0.2) is 53.0 Å². The minimum Gasteiger partial charge on any atom is -0.497 e. The average Bonchev–Trinajstić information content (AvgIpc) is 2.82. The van der Waals surface area contributed by atoms with Gasteiger partial charge in [-0.1, -0.05) is 15.9 Å². The summed E-state index contributed by atoms with van der Waals surface area (Å²) in [6.07, 6.45) is 4.47. The van der Waals surface area contributed by atoms with Gasteiger partial charge in [0.1, 0.15) is 11.4 Å². The van der Waals surface area contributed by atoms with E-state index in [0.29, 0.717) is 6.54 Å². The number of anilines is 1. The van der Waals surface area contributed by atoms with Gasteiger partial charge in [0, 0.05) is 16.5 Å². The van der Waals surface area contributed by atoms with Crippen LogP contribution in [0.1, 0.15) is 31.2 Å². The van der Waals surface area contributed by atoms with Crippen LogP contribution in [0.5, 0.6) is 5.75 Å². The fraction of sp³-hybridized carbons (Fsp3) is 0.381. The molecule has 2 aromatic rings. The molecule has 0 fully saturated rings. The molecule has 2 aliphatic heterocycles. The third-order valence-electron chi connectivity index (χ3n) is 5.42. The lowest BCUT2D eigenvalue weighted by molar-refractivity contribution is -0.658. The van der Waals surface area contributed by atoms with Crippen LogP contribution in [0.25, 0.3) is 0 Å². The van der Waals surface area contributed by atoms with E-state index in [9.17, 15) is 5.11 Å². The number of nitrogens with zero attached hydrogens (tertiary/aromatic N) is 2. The highest BCUT2D eigenvalue weighted by atomic mass is 79.9. The Hall–Kier alpha value is -1.85. The monoisotopic (exact) mass is 415 g/mol. The summed E-state index contributed by atoms with van der Waals surface area (Å²) < 4.78 is 8.55. The largest absolute Gasteiger partial charge is 0.497 e. The summed E-state index contributed by atoms with van der Waals surface area (Å²) in [5, 5.41) is 11.7. The van der Waals surface area contributed by atoms with Crippen molar-refractivity contribution in [1.82, 2.24) is 0 Å². The number of benzene rings is 2. The topological polar surface area (TPSA) is 35.7 Å². The molecular weight excluding hydrogens is 392 g/mol. The number of β-amino-alcohol motifs (C(OH)–C–C–N with tert-alkyl or cyclic N) is 1. The molecule has 0 spiro atoms. The van der Waals surface area contributed by atoms with Crippen molar-refractivity contribution >= 4 is 27.5 Å². The Bertz CT molecular complexity index is 817. The zero-order valence-electron chi connectivity index (χ0n) is 15.0. The number of hydrogen-bond acceptors (Lipinski definition) is 3. The van der Waals surface area contributed by atoms with Gasteiger partial charge in [0.25, 0.3) is 11.6 Å².